The smallest absolute Gasteiger partial charge is 0.269 e. The third-order valence-corrected chi connectivity index (χ3v) is 1.85. The van der Waals surface area contributed by atoms with Crippen LogP contribution in [0.2, 0.25) is 0 Å². The Morgan fingerprint density at radius 3 is 3.00 bits per heavy atom. The molecule has 0 fully saturated rings. The predicted octanol–water partition coefficient (Wildman–Crippen LogP) is 1.36. The van der Waals surface area contributed by atoms with E-state index in [1.807, 2.05) is 19.1 Å². The predicted molar refractivity (Wildman–Crippen MR) is 60.4 cm³/mol. The highest BCUT2D eigenvalue weighted by Gasteiger charge is 2.04. The van der Waals surface area contributed by atoms with E-state index in [2.05, 4.69) is 10.3 Å². The molecule has 0 spiro atoms. The van der Waals surface area contributed by atoms with Crippen molar-refractivity contribution in [2.75, 3.05) is 12.3 Å². The van der Waals surface area contributed by atoms with Gasteiger partial charge in [0.25, 0.3) is 5.91 Å². The Labute approximate surface area is 89.2 Å². The second-order valence-corrected chi connectivity index (χ2v) is 3.09. The molecule has 0 aliphatic carbocycles. The van der Waals surface area contributed by atoms with E-state index in [0.717, 1.165) is 6.42 Å². The van der Waals surface area contributed by atoms with Crippen molar-refractivity contribution in [3.8, 4) is 0 Å². The van der Waals surface area contributed by atoms with Crippen molar-refractivity contribution in [1.82, 2.24) is 10.3 Å². The van der Waals surface area contributed by atoms with Crippen LogP contribution in [0, 0.1) is 0 Å². The molecule has 80 valence electrons. The summed E-state index contributed by atoms with van der Waals surface area (Å²) in [4.78, 5) is 15.4. The molecule has 1 heterocycles. The minimum Gasteiger partial charge on any atom is -0.397 e. The van der Waals surface area contributed by atoms with E-state index in [1.54, 1.807) is 12.1 Å². The zero-order valence-electron chi connectivity index (χ0n) is 8.73. The topological polar surface area (TPSA) is 68.0 Å². The zero-order valence-corrected chi connectivity index (χ0v) is 8.73. The molecule has 0 atom stereocenters. The minimum absolute atomic E-state index is 0.167. The van der Waals surface area contributed by atoms with Gasteiger partial charge in [0.15, 0.2) is 0 Å². The fourth-order valence-corrected chi connectivity index (χ4v) is 1.07. The monoisotopic (exact) mass is 205 g/mol. The molecule has 1 amide bonds. The average molecular weight is 205 g/mol. The third-order valence-electron chi connectivity index (χ3n) is 1.85. The molecule has 1 rings (SSSR count). The van der Waals surface area contributed by atoms with Crippen LogP contribution in [0.25, 0.3) is 0 Å². The van der Waals surface area contributed by atoms with Gasteiger partial charge in [-0.05, 0) is 25.5 Å². The molecule has 0 saturated heterocycles. The number of carbonyl (C=O) groups is 1. The molecule has 1 aromatic rings. The summed E-state index contributed by atoms with van der Waals surface area (Å²) in [6, 6.07) is 3.27. The maximum absolute atomic E-state index is 11.5. The van der Waals surface area contributed by atoms with Gasteiger partial charge in [-0.25, -0.2) is 4.98 Å². The molecule has 0 radical (unpaired) electrons. The first-order valence-electron chi connectivity index (χ1n) is 4.85. The van der Waals surface area contributed by atoms with E-state index in [0.29, 0.717) is 17.9 Å². The summed E-state index contributed by atoms with van der Waals surface area (Å²) in [5, 5.41) is 2.76. The largest absolute Gasteiger partial charge is 0.397 e. The number of aromatic nitrogens is 1. The lowest BCUT2D eigenvalue weighted by atomic mass is 10.3. The van der Waals surface area contributed by atoms with Crippen LogP contribution >= 0.6 is 0 Å². The Morgan fingerprint density at radius 2 is 2.40 bits per heavy atom. The zero-order chi connectivity index (χ0) is 11.1. The maximum Gasteiger partial charge on any atom is 0.269 e. The number of hydrogen-bond donors (Lipinski definition) is 2. The van der Waals surface area contributed by atoms with Gasteiger partial charge >= 0.3 is 0 Å². The van der Waals surface area contributed by atoms with Crippen molar-refractivity contribution in [2.45, 2.75) is 13.3 Å². The number of hydrogen-bond acceptors (Lipinski definition) is 3. The van der Waals surface area contributed by atoms with Crippen LogP contribution in [-0.2, 0) is 0 Å². The van der Waals surface area contributed by atoms with E-state index >= 15 is 0 Å². The highest BCUT2D eigenvalue weighted by atomic mass is 16.1. The van der Waals surface area contributed by atoms with Gasteiger partial charge in [0.1, 0.15) is 5.69 Å². The SMILES string of the molecule is C/C=C/CCNC(=O)c1ccc(N)cn1. The second kappa shape index (κ2) is 5.80. The molecule has 0 aliphatic heterocycles. The van der Waals surface area contributed by atoms with Gasteiger partial charge in [-0.15, -0.1) is 0 Å². The van der Waals surface area contributed by atoms with Crippen molar-refractivity contribution in [3.05, 3.63) is 36.2 Å². The molecule has 0 aliphatic rings. The Bertz CT molecular complexity index is 343. The lowest BCUT2D eigenvalue weighted by Gasteiger charge is -2.02. The number of amides is 1. The standard InChI is InChI=1S/C11H15N3O/c1-2-3-4-7-13-11(15)10-6-5-9(12)8-14-10/h2-3,5-6,8H,4,7,12H2,1H3,(H,13,15)/b3-2+. The molecule has 0 unspecified atom stereocenters. The van der Waals surface area contributed by atoms with Gasteiger partial charge < -0.3 is 11.1 Å². The van der Waals surface area contributed by atoms with E-state index in [-0.39, 0.29) is 5.91 Å². The first-order chi connectivity index (χ1) is 7.24. The summed E-state index contributed by atoms with van der Waals surface area (Å²) in [6.07, 6.45) is 6.25. The van der Waals surface area contributed by atoms with Crippen molar-refractivity contribution in [3.63, 3.8) is 0 Å². The molecule has 4 nitrogen and oxygen atoms in total. The van der Waals surface area contributed by atoms with E-state index < -0.39 is 0 Å². The summed E-state index contributed by atoms with van der Waals surface area (Å²) in [7, 11) is 0. The molecule has 0 saturated carbocycles. The maximum atomic E-state index is 11.5. The molecule has 0 bridgehead atoms. The van der Waals surface area contributed by atoms with Crippen molar-refractivity contribution in [2.24, 2.45) is 0 Å². The third kappa shape index (κ3) is 3.81. The van der Waals surface area contributed by atoms with Crippen LogP contribution in [-0.4, -0.2) is 17.4 Å². The highest BCUT2D eigenvalue weighted by molar-refractivity contribution is 5.92. The average Bonchev–Trinajstić information content (AvgIpc) is 2.25. The molecule has 3 N–H and O–H groups in total. The number of carbonyl (C=O) groups excluding carboxylic acids is 1. The first kappa shape index (κ1) is 11.2. The Morgan fingerprint density at radius 1 is 1.60 bits per heavy atom. The van der Waals surface area contributed by atoms with Crippen LogP contribution < -0.4 is 11.1 Å². The number of nitrogens with two attached hydrogens (primary N) is 1. The van der Waals surface area contributed by atoms with Crippen molar-refractivity contribution in [1.29, 1.82) is 0 Å². The quantitative estimate of drug-likeness (QED) is 0.576. The van der Waals surface area contributed by atoms with Crippen LogP contribution in [0.15, 0.2) is 30.5 Å². The number of rotatable bonds is 4. The van der Waals surface area contributed by atoms with Crippen LogP contribution in [0.5, 0.6) is 0 Å². The Kier molecular flexibility index (Phi) is 4.34. The number of anilines is 1. The first-order valence-corrected chi connectivity index (χ1v) is 4.85. The fourth-order valence-electron chi connectivity index (χ4n) is 1.07. The van der Waals surface area contributed by atoms with E-state index in [4.69, 9.17) is 5.73 Å². The van der Waals surface area contributed by atoms with Crippen LogP contribution in [0.1, 0.15) is 23.8 Å². The Hall–Kier alpha value is -1.84. The number of pyridine rings is 1. The van der Waals surface area contributed by atoms with E-state index in [9.17, 15) is 4.79 Å². The van der Waals surface area contributed by atoms with Crippen LogP contribution in [0.3, 0.4) is 0 Å². The fraction of sp³-hybridized carbons (Fsp3) is 0.273. The van der Waals surface area contributed by atoms with Gasteiger partial charge in [-0.2, -0.15) is 0 Å². The lowest BCUT2D eigenvalue weighted by molar-refractivity contribution is 0.0949. The molecular weight excluding hydrogens is 190 g/mol. The summed E-state index contributed by atoms with van der Waals surface area (Å²) in [5.41, 5.74) is 6.41. The van der Waals surface area contributed by atoms with Gasteiger partial charge in [0, 0.05) is 6.54 Å². The van der Waals surface area contributed by atoms with Crippen molar-refractivity contribution >= 4 is 11.6 Å². The van der Waals surface area contributed by atoms with Gasteiger partial charge in [-0.3, -0.25) is 4.79 Å². The van der Waals surface area contributed by atoms with Gasteiger partial charge in [0.05, 0.1) is 11.9 Å². The summed E-state index contributed by atoms with van der Waals surface area (Å²) >= 11 is 0. The summed E-state index contributed by atoms with van der Waals surface area (Å²) < 4.78 is 0. The second-order valence-electron chi connectivity index (χ2n) is 3.09. The number of nitrogens with one attached hydrogen (secondary N) is 1. The highest BCUT2D eigenvalue weighted by Crippen LogP contribution is 2.00. The summed E-state index contributed by atoms with van der Waals surface area (Å²) in [6.45, 7) is 2.57. The molecule has 0 aromatic carbocycles. The van der Waals surface area contributed by atoms with Gasteiger partial charge in [-0.1, -0.05) is 12.2 Å². The minimum atomic E-state index is -0.167. The van der Waals surface area contributed by atoms with Gasteiger partial charge in [0.2, 0.25) is 0 Å². The summed E-state index contributed by atoms with van der Waals surface area (Å²) in [5.74, 6) is -0.167. The van der Waals surface area contributed by atoms with Crippen LogP contribution in [0.4, 0.5) is 5.69 Å². The van der Waals surface area contributed by atoms with E-state index in [1.165, 1.54) is 6.20 Å². The number of allylic oxidation sites excluding steroid dienone is 1. The normalized spacial score (nSPS) is 10.5. The van der Waals surface area contributed by atoms with Crippen molar-refractivity contribution < 1.29 is 4.79 Å². The number of nitrogen functional groups attached to an aromatic ring is 1. The molecule has 15 heavy (non-hydrogen) atoms. The molecule has 1 aromatic heterocycles. The Balaban J connectivity index is 2.43. The lowest BCUT2D eigenvalue weighted by Crippen LogP contribution is -2.24. The molecule has 4 heteroatoms. The molecular formula is C11H15N3O. The number of nitrogens with zero attached hydrogens (tertiary/aromatic N) is 1.